The number of carbonyl (C=O) groups excluding carboxylic acids is 8. The average molecular weight is 1620 g/mol. The molecule has 8 N–H and O–H groups in total. The molecule has 4 atom stereocenters. The molecule has 24 heteroatoms. The largest absolute Gasteiger partial charge is 0.491 e. The highest BCUT2D eigenvalue weighted by Gasteiger charge is 2.27. The summed E-state index contributed by atoms with van der Waals surface area (Å²) in [5, 5.41) is 59.1. The lowest BCUT2D eigenvalue weighted by atomic mass is 9.93. The second-order valence-corrected chi connectivity index (χ2v) is 27.2. The molecule has 604 valence electrons. The molecular weight excluding hydrogens is 1540 g/mol. The van der Waals surface area contributed by atoms with Crippen molar-refractivity contribution >= 4 is 91.8 Å². The summed E-state index contributed by atoms with van der Waals surface area (Å²) in [5.74, 6) is 4.51. The number of anilines is 4. The van der Waals surface area contributed by atoms with E-state index in [2.05, 4.69) is 44.9 Å². The first kappa shape index (κ1) is 84.6. The maximum absolute atomic E-state index is 13.8. The number of carbonyl (C=O) groups is 8. The molecule has 12 aromatic carbocycles. The van der Waals surface area contributed by atoms with Crippen molar-refractivity contribution in [2.45, 2.75) is 30.8 Å². The highest BCUT2D eigenvalue weighted by atomic mass is 16.6. The Kier molecular flexibility index (Phi) is 28.4. The Morgan fingerprint density at radius 2 is 0.529 bits per heavy atom. The first-order valence-corrected chi connectivity index (χ1v) is 37.6. The molecule has 0 aliphatic carbocycles. The Hall–Kier alpha value is -15.8. The quantitative estimate of drug-likeness (QED) is 0.0105. The molecule has 0 heterocycles. The fraction of sp³-hybridized carbons (Fsp3) is 0.134. The van der Waals surface area contributed by atoms with Crippen LogP contribution in [0.5, 0.6) is 23.0 Å². The molecule has 0 bridgehead atoms. The zero-order valence-corrected chi connectivity index (χ0v) is 64.6. The van der Waals surface area contributed by atoms with Gasteiger partial charge in [-0.05, 0) is 179 Å². The summed E-state index contributed by atoms with van der Waals surface area (Å²) in [4.78, 5) is 109. The molecule has 4 unspecified atom stereocenters. The number of terminal acetylenes is 4. The minimum absolute atomic E-state index is 0.0101. The average Bonchev–Trinajstić information content (AvgIpc) is 0.764. The molecule has 0 spiro atoms. The number of esters is 4. The van der Waals surface area contributed by atoms with E-state index in [-0.39, 0.29) is 73.9 Å². The van der Waals surface area contributed by atoms with Crippen molar-refractivity contribution < 1.29 is 96.7 Å². The number of rotatable bonds is 34. The van der Waals surface area contributed by atoms with Gasteiger partial charge in [0.05, 0.1) is 44.5 Å². The van der Waals surface area contributed by atoms with Crippen molar-refractivity contribution in [1.82, 2.24) is 0 Å². The molecule has 121 heavy (non-hydrogen) atoms. The third kappa shape index (κ3) is 22.4. The fourth-order valence-electron chi connectivity index (χ4n) is 12.6. The molecule has 4 amide bonds. The highest BCUT2D eigenvalue weighted by Crippen LogP contribution is 2.39. The molecule has 24 nitrogen and oxygen atoms in total. The second-order valence-electron chi connectivity index (χ2n) is 27.2. The van der Waals surface area contributed by atoms with E-state index in [4.69, 9.17) is 63.6 Å². The first-order chi connectivity index (χ1) is 58.7. The van der Waals surface area contributed by atoms with Gasteiger partial charge in [0.25, 0.3) is 23.6 Å². The van der Waals surface area contributed by atoms with Gasteiger partial charge in [0, 0.05) is 62.6 Å². The van der Waals surface area contributed by atoms with E-state index >= 15 is 0 Å². The summed E-state index contributed by atoms with van der Waals surface area (Å²) in [7, 11) is 0. The van der Waals surface area contributed by atoms with Crippen molar-refractivity contribution in [3.63, 3.8) is 0 Å². The van der Waals surface area contributed by atoms with Crippen LogP contribution in [0.2, 0.25) is 0 Å². The van der Waals surface area contributed by atoms with E-state index in [9.17, 15) is 58.8 Å². The van der Waals surface area contributed by atoms with E-state index in [1.807, 2.05) is 0 Å². The minimum atomic E-state index is -1.51. The Balaban J connectivity index is 0.820. The second kappa shape index (κ2) is 40.7. The number of hydrogen-bond donors (Lipinski definition) is 8. The van der Waals surface area contributed by atoms with Crippen LogP contribution in [-0.2, 0) is 25.4 Å². The van der Waals surface area contributed by atoms with Crippen LogP contribution in [0.15, 0.2) is 255 Å². The van der Waals surface area contributed by atoms with Crippen LogP contribution in [0.3, 0.4) is 0 Å². The lowest BCUT2D eigenvalue weighted by Crippen LogP contribution is -2.26. The van der Waals surface area contributed by atoms with Gasteiger partial charge in [0.1, 0.15) is 100 Å². The minimum Gasteiger partial charge on any atom is -0.491 e. The van der Waals surface area contributed by atoms with Crippen molar-refractivity contribution in [1.29, 1.82) is 0 Å². The van der Waals surface area contributed by atoms with Gasteiger partial charge in [-0.2, -0.15) is 0 Å². The number of aliphatic hydroxyl groups excluding tert-OH is 4. The Labute approximate surface area is 694 Å². The monoisotopic (exact) mass is 1620 g/mol. The van der Waals surface area contributed by atoms with Gasteiger partial charge in [-0.1, -0.05) is 121 Å². The van der Waals surface area contributed by atoms with Crippen LogP contribution in [0.25, 0.3) is 21.5 Å². The number of fused-ring (bicyclic) bond motifs is 2. The molecule has 12 rings (SSSR count). The van der Waals surface area contributed by atoms with Crippen molar-refractivity contribution in [3.8, 4) is 72.4 Å². The van der Waals surface area contributed by atoms with E-state index in [1.54, 1.807) is 206 Å². The zero-order valence-electron chi connectivity index (χ0n) is 64.6. The van der Waals surface area contributed by atoms with Crippen molar-refractivity contribution in [3.05, 3.63) is 333 Å². The van der Waals surface area contributed by atoms with E-state index in [1.165, 1.54) is 48.5 Å². The number of benzene rings is 12. The van der Waals surface area contributed by atoms with Crippen LogP contribution in [-0.4, -0.2) is 145 Å². The maximum Gasteiger partial charge on any atom is 0.339 e. The van der Waals surface area contributed by atoms with E-state index < -0.39 is 125 Å². The molecular formula is C97H76N4O20. The molecule has 0 saturated heterocycles. The molecule has 0 aliphatic rings. The van der Waals surface area contributed by atoms with Gasteiger partial charge in [0.2, 0.25) is 0 Å². The number of aliphatic hydroxyl groups is 4. The van der Waals surface area contributed by atoms with E-state index in [0.29, 0.717) is 77.7 Å². The summed E-state index contributed by atoms with van der Waals surface area (Å²) in [6.07, 6.45) is 16.3. The summed E-state index contributed by atoms with van der Waals surface area (Å²) < 4.78 is 47.8. The third-order valence-electron chi connectivity index (χ3n) is 18.6. The van der Waals surface area contributed by atoms with Crippen LogP contribution < -0.4 is 40.2 Å². The summed E-state index contributed by atoms with van der Waals surface area (Å²) >= 11 is 0. The van der Waals surface area contributed by atoms with Gasteiger partial charge in [-0.25, -0.2) is 19.2 Å². The Morgan fingerprint density at radius 1 is 0.281 bits per heavy atom. The smallest absolute Gasteiger partial charge is 0.339 e. The molecule has 0 saturated carbocycles. The molecule has 0 aromatic heterocycles. The van der Waals surface area contributed by atoms with Crippen LogP contribution in [0.4, 0.5) is 22.7 Å². The highest BCUT2D eigenvalue weighted by molar-refractivity contribution is 6.14. The Morgan fingerprint density at radius 3 is 0.793 bits per heavy atom. The van der Waals surface area contributed by atoms with Gasteiger partial charge in [-0.15, -0.1) is 25.7 Å². The molecule has 12 aromatic rings. The fourth-order valence-corrected chi connectivity index (χ4v) is 12.6. The predicted octanol–water partition coefficient (Wildman–Crippen LogP) is 12.9. The molecule has 0 fully saturated rings. The van der Waals surface area contributed by atoms with Crippen LogP contribution >= 0.6 is 0 Å². The summed E-state index contributed by atoms with van der Waals surface area (Å²) in [5.41, 5.74) is 3.93. The first-order valence-electron chi connectivity index (χ1n) is 37.6. The van der Waals surface area contributed by atoms with Gasteiger partial charge in [-0.3, -0.25) is 19.2 Å². The Bertz CT molecular complexity index is 5730. The SMILES string of the molecule is C#Cc1cccc(NC(=O)c2ccccc2C(=O)OCC(O)COc2ccc3ccc(OCC(O)COC(=O)c4ccccc4C(=O)Nc4cccc(C#C)c4)c(Cc4c(OCC(O)COC(=O)c5ccccc5C(=O)Nc5cccc(C#C)c5)ccc5ccc(OCC(O)COC(=O)c6ccccc6C(=O)Nc6cccc(C#C)c6)cc45)c3c2)c1. The number of nitrogens with one attached hydrogen (secondary N) is 4. The predicted molar refractivity (Wildman–Crippen MR) is 453 cm³/mol. The normalized spacial score (nSPS) is 11.7. The zero-order chi connectivity index (χ0) is 85.3. The third-order valence-corrected chi connectivity index (χ3v) is 18.6. The van der Waals surface area contributed by atoms with Crippen molar-refractivity contribution in [2.24, 2.45) is 0 Å². The number of ether oxygens (including phenoxy) is 8. The van der Waals surface area contributed by atoms with Gasteiger partial charge in [0.15, 0.2) is 0 Å². The van der Waals surface area contributed by atoms with Crippen LogP contribution in [0.1, 0.15) is 116 Å². The topological polar surface area (TPSA) is 339 Å². The van der Waals surface area contributed by atoms with Crippen molar-refractivity contribution in [2.75, 3.05) is 74.1 Å². The lowest BCUT2D eigenvalue weighted by molar-refractivity contribution is 0.0126. The van der Waals surface area contributed by atoms with E-state index in [0.717, 1.165) is 0 Å². The summed E-state index contributed by atoms with van der Waals surface area (Å²) in [6.45, 7) is -4.26. The standard InChI is InChI=1S/C97H76N4O20/c1-5-60-21-17-25-66(45-60)98-90(106)76-29-9-13-33-80(76)94(110)118-56-70(102)52-114-74-41-37-64-39-43-88(116-54-72(104)58-120-96(112)82-35-15-11-31-78(82)92(108)100-68-27-19-23-62(7-3)47-68)86(84(64)49-74)51-87-85-50-75(115-53-71(103)57-119-95(111)81-34-14-10-30-77(81)91(107)99-67-26-18-22-61(6-2)46-67)42-38-65(85)40-44-89(87)117-55-73(105)59-121-97(113)83-36-16-12-32-79(83)93(109)101-69-28-20-24-63(8-4)48-69/h1-4,9-50,70-73,102-105H,51-59H2,(H,98,106)(H,99,107)(H,100,108)(H,101,109). The lowest BCUT2D eigenvalue weighted by Gasteiger charge is -2.21. The molecule has 0 radical (unpaired) electrons. The summed E-state index contributed by atoms with van der Waals surface area (Å²) in [6, 6.07) is 66.9. The van der Waals surface area contributed by atoms with Gasteiger partial charge >= 0.3 is 23.9 Å². The van der Waals surface area contributed by atoms with Gasteiger partial charge < -0.3 is 79.6 Å². The maximum atomic E-state index is 13.8. The van der Waals surface area contributed by atoms with Crippen LogP contribution in [0, 0.1) is 49.4 Å². The number of amides is 4. The number of hydrogen-bond acceptors (Lipinski definition) is 20. The molecule has 0 aliphatic heterocycles.